The molecule has 0 bridgehead atoms. The average molecular weight is 307 g/mol. The van der Waals surface area contributed by atoms with Crippen LogP contribution in [-0.4, -0.2) is 40.1 Å². The van der Waals surface area contributed by atoms with Gasteiger partial charge in [-0.05, 0) is 55.5 Å². The first-order valence-corrected chi connectivity index (χ1v) is 7.44. The molecular formula is C17H25NO4. The number of carbonyl (C=O) groups is 2. The zero-order valence-electron chi connectivity index (χ0n) is 13.8. The molecular weight excluding hydrogens is 282 g/mol. The van der Waals surface area contributed by atoms with Crippen LogP contribution in [0.4, 0.5) is 0 Å². The molecule has 1 aromatic rings. The maximum atomic E-state index is 10.8. The first kappa shape index (κ1) is 18.2. The minimum absolute atomic E-state index is 0.0164. The summed E-state index contributed by atoms with van der Waals surface area (Å²) in [5.74, 6) is -1.73. The number of carboxylic acid groups (broad SMARTS) is 2. The van der Waals surface area contributed by atoms with E-state index in [1.54, 1.807) is 0 Å². The molecule has 0 radical (unpaired) electrons. The third-order valence-corrected chi connectivity index (χ3v) is 4.18. The van der Waals surface area contributed by atoms with Crippen LogP contribution in [0, 0.1) is 27.7 Å². The maximum Gasteiger partial charge on any atom is 0.304 e. The highest BCUT2D eigenvalue weighted by molar-refractivity contribution is 5.67. The molecule has 5 nitrogen and oxygen atoms in total. The summed E-state index contributed by atoms with van der Waals surface area (Å²) in [7, 11) is 0. The van der Waals surface area contributed by atoms with Gasteiger partial charge >= 0.3 is 11.9 Å². The Morgan fingerprint density at radius 1 is 0.909 bits per heavy atom. The standard InChI is InChI=1S/C17H25NO4/c1-11-9-12(2)15(14(4)13(11)3)10-18(7-5-16(19)20)8-6-17(21)22/h9H,5-8,10H2,1-4H3,(H,19,20)(H,21,22). The number of rotatable bonds is 8. The van der Waals surface area contributed by atoms with Gasteiger partial charge in [0.1, 0.15) is 0 Å². The van der Waals surface area contributed by atoms with Crippen molar-refractivity contribution in [1.29, 1.82) is 0 Å². The van der Waals surface area contributed by atoms with E-state index in [1.165, 1.54) is 22.3 Å². The van der Waals surface area contributed by atoms with E-state index < -0.39 is 11.9 Å². The van der Waals surface area contributed by atoms with E-state index in [0.717, 1.165) is 5.56 Å². The fourth-order valence-electron chi connectivity index (χ4n) is 2.58. The molecule has 0 aliphatic heterocycles. The van der Waals surface area contributed by atoms with Crippen molar-refractivity contribution in [1.82, 2.24) is 4.90 Å². The van der Waals surface area contributed by atoms with Gasteiger partial charge in [-0.2, -0.15) is 0 Å². The SMILES string of the molecule is Cc1cc(C)c(CN(CCC(=O)O)CCC(=O)O)c(C)c1C. The molecule has 0 unspecified atom stereocenters. The van der Waals surface area contributed by atoms with Crippen molar-refractivity contribution in [3.8, 4) is 0 Å². The predicted molar refractivity (Wildman–Crippen MR) is 85.2 cm³/mol. The molecule has 0 aromatic heterocycles. The smallest absolute Gasteiger partial charge is 0.304 e. The van der Waals surface area contributed by atoms with Crippen LogP contribution >= 0.6 is 0 Å². The van der Waals surface area contributed by atoms with Crippen LogP contribution in [0.25, 0.3) is 0 Å². The number of hydrogen-bond donors (Lipinski definition) is 2. The van der Waals surface area contributed by atoms with E-state index >= 15 is 0 Å². The highest BCUT2D eigenvalue weighted by atomic mass is 16.4. The van der Waals surface area contributed by atoms with Crippen LogP contribution in [0.1, 0.15) is 40.7 Å². The van der Waals surface area contributed by atoms with E-state index in [9.17, 15) is 9.59 Å². The van der Waals surface area contributed by atoms with Crippen molar-refractivity contribution >= 4 is 11.9 Å². The van der Waals surface area contributed by atoms with Gasteiger partial charge in [-0.3, -0.25) is 14.5 Å². The number of nitrogens with zero attached hydrogens (tertiary/aromatic N) is 1. The molecule has 0 saturated carbocycles. The van der Waals surface area contributed by atoms with Gasteiger partial charge in [0.05, 0.1) is 12.8 Å². The number of aryl methyl sites for hydroxylation is 2. The molecule has 22 heavy (non-hydrogen) atoms. The molecule has 122 valence electrons. The minimum atomic E-state index is -0.867. The van der Waals surface area contributed by atoms with Gasteiger partial charge in [-0.15, -0.1) is 0 Å². The lowest BCUT2D eigenvalue weighted by molar-refractivity contribution is -0.137. The fourth-order valence-corrected chi connectivity index (χ4v) is 2.58. The van der Waals surface area contributed by atoms with Gasteiger partial charge in [0.25, 0.3) is 0 Å². The van der Waals surface area contributed by atoms with Crippen LogP contribution in [0.2, 0.25) is 0 Å². The lowest BCUT2D eigenvalue weighted by atomic mass is 9.94. The lowest BCUT2D eigenvalue weighted by Crippen LogP contribution is -2.29. The van der Waals surface area contributed by atoms with Gasteiger partial charge in [0.2, 0.25) is 0 Å². The molecule has 0 spiro atoms. The summed E-state index contributed by atoms with van der Waals surface area (Å²) in [5.41, 5.74) is 6.00. The Balaban J connectivity index is 2.95. The van der Waals surface area contributed by atoms with E-state index in [4.69, 9.17) is 10.2 Å². The second kappa shape index (κ2) is 7.94. The Hall–Kier alpha value is -1.88. The number of hydrogen-bond acceptors (Lipinski definition) is 3. The average Bonchev–Trinajstić information content (AvgIpc) is 2.42. The summed E-state index contributed by atoms with van der Waals surface area (Å²) in [6.07, 6.45) is 0.0329. The Kier molecular flexibility index (Phi) is 6.56. The molecule has 0 amide bonds. The van der Waals surface area contributed by atoms with Crippen LogP contribution in [0.3, 0.4) is 0 Å². The van der Waals surface area contributed by atoms with Crippen LogP contribution < -0.4 is 0 Å². The largest absolute Gasteiger partial charge is 0.481 e. The van der Waals surface area contributed by atoms with Crippen molar-refractivity contribution < 1.29 is 19.8 Å². The van der Waals surface area contributed by atoms with Crippen molar-refractivity contribution in [3.05, 3.63) is 33.9 Å². The minimum Gasteiger partial charge on any atom is -0.481 e. The van der Waals surface area contributed by atoms with E-state index in [2.05, 4.69) is 26.8 Å². The van der Waals surface area contributed by atoms with E-state index in [-0.39, 0.29) is 12.8 Å². The monoisotopic (exact) mass is 307 g/mol. The third-order valence-electron chi connectivity index (χ3n) is 4.18. The second-order valence-corrected chi connectivity index (χ2v) is 5.80. The molecule has 2 N–H and O–H groups in total. The van der Waals surface area contributed by atoms with Crippen molar-refractivity contribution in [2.24, 2.45) is 0 Å². The Morgan fingerprint density at radius 2 is 1.41 bits per heavy atom. The van der Waals surface area contributed by atoms with Gasteiger partial charge in [0.15, 0.2) is 0 Å². The second-order valence-electron chi connectivity index (χ2n) is 5.80. The molecule has 0 atom stereocenters. The molecule has 0 saturated heterocycles. The van der Waals surface area contributed by atoms with E-state index in [1.807, 2.05) is 11.8 Å². The van der Waals surface area contributed by atoms with Crippen molar-refractivity contribution in [2.45, 2.75) is 47.1 Å². The van der Waals surface area contributed by atoms with Gasteiger partial charge < -0.3 is 10.2 Å². The number of carboxylic acids is 2. The Morgan fingerprint density at radius 3 is 1.86 bits per heavy atom. The summed E-state index contributed by atoms with van der Waals surface area (Å²) in [6.45, 7) is 9.55. The number of aliphatic carboxylic acids is 2. The molecule has 1 rings (SSSR count). The third kappa shape index (κ3) is 5.15. The molecule has 1 aromatic carbocycles. The summed E-state index contributed by atoms with van der Waals surface area (Å²) >= 11 is 0. The first-order valence-electron chi connectivity index (χ1n) is 7.44. The Labute approximate surface area is 131 Å². The zero-order valence-corrected chi connectivity index (χ0v) is 13.8. The fraction of sp³-hybridized carbons (Fsp3) is 0.529. The Bertz CT molecular complexity index is 548. The van der Waals surface area contributed by atoms with Crippen LogP contribution in [-0.2, 0) is 16.1 Å². The molecule has 0 aliphatic carbocycles. The zero-order chi connectivity index (χ0) is 16.9. The molecule has 0 heterocycles. The van der Waals surface area contributed by atoms with Gasteiger partial charge in [-0.25, -0.2) is 0 Å². The summed E-state index contributed by atoms with van der Waals surface area (Å²) in [6, 6.07) is 2.13. The highest BCUT2D eigenvalue weighted by Gasteiger charge is 2.14. The summed E-state index contributed by atoms with van der Waals surface area (Å²) < 4.78 is 0. The normalized spacial score (nSPS) is 11.0. The summed E-state index contributed by atoms with van der Waals surface area (Å²) in [4.78, 5) is 23.5. The lowest BCUT2D eigenvalue weighted by Gasteiger charge is -2.24. The quantitative estimate of drug-likeness (QED) is 0.772. The number of benzene rings is 1. The van der Waals surface area contributed by atoms with E-state index in [0.29, 0.717) is 19.6 Å². The highest BCUT2D eigenvalue weighted by Crippen LogP contribution is 2.23. The molecule has 5 heteroatoms. The van der Waals surface area contributed by atoms with Gasteiger partial charge in [-0.1, -0.05) is 6.07 Å². The molecule has 0 fully saturated rings. The topological polar surface area (TPSA) is 77.8 Å². The molecule has 0 aliphatic rings. The van der Waals surface area contributed by atoms with Crippen molar-refractivity contribution in [2.75, 3.05) is 13.1 Å². The van der Waals surface area contributed by atoms with Crippen LogP contribution in [0.15, 0.2) is 6.07 Å². The maximum absolute atomic E-state index is 10.8. The van der Waals surface area contributed by atoms with Crippen molar-refractivity contribution in [3.63, 3.8) is 0 Å². The predicted octanol–water partition coefficient (Wildman–Crippen LogP) is 2.67. The van der Waals surface area contributed by atoms with Crippen LogP contribution in [0.5, 0.6) is 0 Å². The summed E-state index contributed by atoms with van der Waals surface area (Å²) in [5, 5.41) is 17.7. The van der Waals surface area contributed by atoms with Gasteiger partial charge in [0, 0.05) is 19.6 Å². The first-order chi connectivity index (χ1) is 10.2.